The van der Waals surface area contributed by atoms with Crippen LogP contribution in [0.5, 0.6) is 11.5 Å². The summed E-state index contributed by atoms with van der Waals surface area (Å²) >= 11 is 0. The molecule has 0 atom stereocenters. The lowest BCUT2D eigenvalue weighted by Crippen LogP contribution is -2.17. The van der Waals surface area contributed by atoms with E-state index < -0.39 is 0 Å². The molecule has 39 heavy (non-hydrogen) atoms. The Morgan fingerprint density at radius 3 is 1.69 bits per heavy atom. The fourth-order valence-corrected chi connectivity index (χ4v) is 4.77. The molecule has 3 aromatic carbocycles. The van der Waals surface area contributed by atoms with E-state index in [1.807, 2.05) is 36.4 Å². The summed E-state index contributed by atoms with van der Waals surface area (Å²) in [6, 6.07) is 13.8. The second-order valence-corrected chi connectivity index (χ2v) is 9.93. The van der Waals surface area contributed by atoms with Crippen LogP contribution in [0.15, 0.2) is 42.5 Å². The highest BCUT2D eigenvalue weighted by molar-refractivity contribution is 6.12. The van der Waals surface area contributed by atoms with Gasteiger partial charge in [0.1, 0.15) is 11.5 Å². The highest BCUT2D eigenvalue weighted by Crippen LogP contribution is 2.44. The number of carbonyl (C=O) groups excluding carboxylic acids is 2. The van der Waals surface area contributed by atoms with E-state index in [2.05, 4.69) is 26.8 Å². The molecule has 0 N–H and O–H groups in total. The second kappa shape index (κ2) is 16.6. The topological polar surface area (TPSA) is 71.1 Å². The Hall–Kier alpha value is -3.28. The highest BCUT2D eigenvalue weighted by atomic mass is 16.6. The molecule has 6 heteroatoms. The lowest BCUT2D eigenvalue weighted by Gasteiger charge is -2.19. The molecule has 0 unspecified atom stereocenters. The molecule has 6 nitrogen and oxygen atoms in total. The number of unbranched alkanes of at least 4 members (excludes halogenated alkanes) is 6. The maximum absolute atomic E-state index is 12.5. The number of hydrogen-bond donors (Lipinski definition) is 0. The molecule has 0 aliphatic heterocycles. The Morgan fingerprint density at radius 2 is 1.13 bits per heavy atom. The van der Waals surface area contributed by atoms with Gasteiger partial charge in [-0.3, -0.25) is 0 Å². The zero-order valence-corrected chi connectivity index (χ0v) is 23.9. The molecule has 0 heterocycles. The van der Waals surface area contributed by atoms with Crippen LogP contribution in [0.25, 0.3) is 21.5 Å². The Morgan fingerprint density at radius 1 is 0.590 bits per heavy atom. The minimum atomic E-state index is -0.379. The second-order valence-electron chi connectivity index (χ2n) is 9.93. The van der Waals surface area contributed by atoms with Crippen molar-refractivity contribution in [1.29, 1.82) is 0 Å². The molecule has 3 aromatic rings. The van der Waals surface area contributed by atoms with E-state index in [4.69, 9.17) is 18.9 Å². The van der Waals surface area contributed by atoms with Crippen LogP contribution >= 0.6 is 0 Å². The summed E-state index contributed by atoms with van der Waals surface area (Å²) < 4.78 is 23.2. The standard InChI is InChI=1S/C33H44O6/c1-4-7-9-13-21-36-29(34)23-38-32-26-18-11-12-19-27(26)33(31-25(16-6-3)17-15-20-28(31)32)39-24-30(35)37-22-14-10-8-5-2/h11-12,15,17-20H,4-10,13-14,16,21-24H2,1-3H3. The average molecular weight is 537 g/mol. The Balaban J connectivity index is 1.86. The first-order valence-electron chi connectivity index (χ1n) is 14.6. The van der Waals surface area contributed by atoms with E-state index in [1.54, 1.807) is 0 Å². The lowest BCUT2D eigenvalue weighted by atomic mass is 9.95. The third kappa shape index (κ3) is 8.87. The number of aryl methyl sites for hydroxylation is 1. The number of carbonyl (C=O) groups is 2. The van der Waals surface area contributed by atoms with Crippen molar-refractivity contribution in [1.82, 2.24) is 0 Å². The van der Waals surface area contributed by atoms with Crippen molar-refractivity contribution >= 4 is 33.5 Å². The van der Waals surface area contributed by atoms with E-state index >= 15 is 0 Å². The molecule has 0 aliphatic carbocycles. The quantitative estimate of drug-likeness (QED) is 0.0933. The molecule has 212 valence electrons. The summed E-state index contributed by atoms with van der Waals surface area (Å²) in [4.78, 5) is 25.0. The van der Waals surface area contributed by atoms with Crippen LogP contribution in [0, 0.1) is 0 Å². The van der Waals surface area contributed by atoms with Gasteiger partial charge < -0.3 is 18.9 Å². The summed E-state index contributed by atoms with van der Waals surface area (Å²) in [6.07, 6.45) is 10.2. The molecule has 0 radical (unpaired) electrons. The molecule has 0 aliphatic rings. The summed E-state index contributed by atoms with van der Waals surface area (Å²) in [5, 5.41) is 3.39. The molecule has 0 aromatic heterocycles. The molecule has 0 amide bonds. The molecular formula is C33H44O6. The number of esters is 2. The maximum atomic E-state index is 12.5. The van der Waals surface area contributed by atoms with Gasteiger partial charge in [-0.15, -0.1) is 0 Å². The van der Waals surface area contributed by atoms with Gasteiger partial charge in [-0.25, -0.2) is 9.59 Å². The fraction of sp³-hybridized carbons (Fsp3) is 0.515. The summed E-state index contributed by atoms with van der Waals surface area (Å²) in [5.74, 6) is 0.500. The van der Waals surface area contributed by atoms with Crippen LogP contribution in [0.3, 0.4) is 0 Å². The molecule has 0 spiro atoms. The minimum Gasteiger partial charge on any atom is -0.481 e. The van der Waals surface area contributed by atoms with Gasteiger partial charge in [0, 0.05) is 21.5 Å². The van der Waals surface area contributed by atoms with E-state index in [0.29, 0.717) is 24.7 Å². The Labute approximate surface area is 233 Å². The van der Waals surface area contributed by atoms with Gasteiger partial charge in [-0.1, -0.05) is 108 Å². The first kappa shape index (κ1) is 30.3. The third-order valence-corrected chi connectivity index (χ3v) is 6.75. The molecule has 3 rings (SSSR count). The van der Waals surface area contributed by atoms with Crippen molar-refractivity contribution in [2.75, 3.05) is 26.4 Å². The minimum absolute atomic E-state index is 0.169. The fourth-order valence-electron chi connectivity index (χ4n) is 4.77. The van der Waals surface area contributed by atoms with Gasteiger partial charge in [0.15, 0.2) is 13.2 Å². The van der Waals surface area contributed by atoms with Gasteiger partial charge in [-0.2, -0.15) is 0 Å². The predicted molar refractivity (Wildman–Crippen MR) is 157 cm³/mol. The van der Waals surface area contributed by atoms with E-state index in [0.717, 1.165) is 91.3 Å². The van der Waals surface area contributed by atoms with E-state index in [-0.39, 0.29) is 25.2 Å². The largest absolute Gasteiger partial charge is 0.481 e. The summed E-state index contributed by atoms with van der Waals surface area (Å²) in [6.45, 7) is 6.91. The van der Waals surface area contributed by atoms with Gasteiger partial charge in [0.05, 0.1) is 13.2 Å². The van der Waals surface area contributed by atoms with Crippen molar-refractivity contribution in [3.05, 3.63) is 48.0 Å². The van der Waals surface area contributed by atoms with Gasteiger partial charge in [0.25, 0.3) is 0 Å². The Bertz CT molecular complexity index is 1200. The van der Waals surface area contributed by atoms with Crippen LogP contribution in [-0.4, -0.2) is 38.4 Å². The predicted octanol–water partition coefficient (Wildman–Crippen LogP) is 7.95. The number of hydrogen-bond acceptors (Lipinski definition) is 6. The molecular weight excluding hydrogens is 492 g/mol. The highest BCUT2D eigenvalue weighted by Gasteiger charge is 2.20. The molecule has 0 saturated heterocycles. The van der Waals surface area contributed by atoms with Crippen LogP contribution in [0.2, 0.25) is 0 Å². The number of benzene rings is 3. The first-order chi connectivity index (χ1) is 19.1. The third-order valence-electron chi connectivity index (χ3n) is 6.75. The van der Waals surface area contributed by atoms with Gasteiger partial charge in [-0.05, 0) is 24.8 Å². The Kier molecular flexibility index (Phi) is 12.9. The monoisotopic (exact) mass is 536 g/mol. The normalized spacial score (nSPS) is 11.1. The zero-order valence-electron chi connectivity index (χ0n) is 23.9. The summed E-state index contributed by atoms with van der Waals surface area (Å²) in [7, 11) is 0. The van der Waals surface area contributed by atoms with Crippen molar-refractivity contribution in [3.63, 3.8) is 0 Å². The van der Waals surface area contributed by atoms with Crippen LogP contribution in [-0.2, 0) is 25.5 Å². The molecule has 0 fully saturated rings. The smallest absolute Gasteiger partial charge is 0.344 e. The van der Waals surface area contributed by atoms with Crippen LogP contribution < -0.4 is 9.47 Å². The lowest BCUT2D eigenvalue weighted by molar-refractivity contribution is -0.147. The van der Waals surface area contributed by atoms with E-state index in [9.17, 15) is 9.59 Å². The van der Waals surface area contributed by atoms with Gasteiger partial charge >= 0.3 is 11.9 Å². The van der Waals surface area contributed by atoms with Crippen molar-refractivity contribution < 1.29 is 28.5 Å². The van der Waals surface area contributed by atoms with Gasteiger partial charge in [0.2, 0.25) is 0 Å². The SMILES string of the molecule is CCCCCCOC(=O)COc1c2ccccc2c(OCC(=O)OCCCCCC)c2c(CCC)cccc12. The van der Waals surface area contributed by atoms with E-state index in [1.165, 1.54) is 0 Å². The van der Waals surface area contributed by atoms with Crippen LogP contribution in [0.4, 0.5) is 0 Å². The molecule has 0 saturated carbocycles. The maximum Gasteiger partial charge on any atom is 0.344 e. The summed E-state index contributed by atoms with van der Waals surface area (Å²) in [5.41, 5.74) is 1.10. The van der Waals surface area contributed by atoms with Crippen LogP contribution in [0.1, 0.15) is 84.1 Å². The van der Waals surface area contributed by atoms with Crippen molar-refractivity contribution in [2.45, 2.75) is 85.0 Å². The number of rotatable bonds is 18. The first-order valence-corrected chi connectivity index (χ1v) is 14.6. The zero-order chi connectivity index (χ0) is 27.9. The average Bonchev–Trinajstić information content (AvgIpc) is 2.95. The number of ether oxygens (including phenoxy) is 4. The molecule has 0 bridgehead atoms. The van der Waals surface area contributed by atoms with Crippen molar-refractivity contribution in [3.8, 4) is 11.5 Å². The van der Waals surface area contributed by atoms with Crippen molar-refractivity contribution in [2.24, 2.45) is 0 Å². The number of fused-ring (bicyclic) bond motifs is 2.